The van der Waals surface area contributed by atoms with Gasteiger partial charge in [0.05, 0.1) is 12.2 Å². The van der Waals surface area contributed by atoms with Crippen LogP contribution < -0.4 is 5.32 Å². The third-order valence-corrected chi connectivity index (χ3v) is 3.73. The molecule has 0 radical (unpaired) electrons. The van der Waals surface area contributed by atoms with E-state index >= 15 is 0 Å². The Morgan fingerprint density at radius 2 is 2.21 bits per heavy atom. The summed E-state index contributed by atoms with van der Waals surface area (Å²) >= 11 is 0. The predicted octanol–water partition coefficient (Wildman–Crippen LogP) is 1.46. The molecule has 0 saturated carbocycles. The molecule has 1 aliphatic carbocycles. The Hall–Kier alpha value is -1.91. The van der Waals surface area contributed by atoms with E-state index in [0.29, 0.717) is 11.9 Å². The molecule has 1 saturated heterocycles. The summed E-state index contributed by atoms with van der Waals surface area (Å²) in [6.07, 6.45) is 12.2. The van der Waals surface area contributed by atoms with Crippen molar-refractivity contribution in [3.63, 3.8) is 0 Å². The first-order chi connectivity index (χ1) is 9.33. The maximum atomic E-state index is 12.2. The summed E-state index contributed by atoms with van der Waals surface area (Å²) in [7, 11) is 0. The second kappa shape index (κ2) is 5.38. The molecule has 5 heteroatoms. The van der Waals surface area contributed by atoms with Crippen LogP contribution in [-0.4, -0.2) is 39.9 Å². The molecule has 1 atom stereocenters. The van der Waals surface area contributed by atoms with Gasteiger partial charge >= 0.3 is 0 Å². The van der Waals surface area contributed by atoms with Gasteiger partial charge < -0.3 is 10.2 Å². The smallest absolute Gasteiger partial charge is 0.226 e. The number of aromatic nitrogens is 2. The molecule has 1 N–H and O–H groups in total. The Bertz CT molecular complexity index is 468. The number of nitrogens with one attached hydrogen (secondary N) is 1. The van der Waals surface area contributed by atoms with Gasteiger partial charge in [-0.3, -0.25) is 9.78 Å². The Morgan fingerprint density at radius 1 is 1.32 bits per heavy atom. The Labute approximate surface area is 112 Å². The van der Waals surface area contributed by atoms with Crippen LogP contribution in [-0.2, 0) is 4.79 Å². The Morgan fingerprint density at radius 3 is 2.89 bits per heavy atom. The number of rotatable bonds is 3. The highest BCUT2D eigenvalue weighted by Gasteiger charge is 2.34. The molecular formula is C14H18N4O. The molecule has 19 heavy (non-hydrogen) atoms. The zero-order chi connectivity index (χ0) is 13.1. The van der Waals surface area contributed by atoms with E-state index in [0.717, 1.165) is 38.2 Å². The molecule has 1 fully saturated rings. The van der Waals surface area contributed by atoms with Crippen molar-refractivity contribution < 1.29 is 4.79 Å². The average Bonchev–Trinajstić information content (AvgIpc) is 2.44. The third-order valence-electron chi connectivity index (χ3n) is 3.73. The van der Waals surface area contributed by atoms with Gasteiger partial charge in [-0.2, -0.15) is 0 Å². The highest BCUT2D eigenvalue weighted by Crippen LogP contribution is 2.23. The summed E-state index contributed by atoms with van der Waals surface area (Å²) < 4.78 is 0. The maximum absolute atomic E-state index is 12.2. The molecule has 2 heterocycles. The van der Waals surface area contributed by atoms with E-state index in [1.165, 1.54) is 0 Å². The molecule has 1 aromatic rings. The van der Waals surface area contributed by atoms with E-state index < -0.39 is 0 Å². The van der Waals surface area contributed by atoms with Gasteiger partial charge in [0.15, 0.2) is 0 Å². The van der Waals surface area contributed by atoms with Gasteiger partial charge in [-0.25, -0.2) is 4.98 Å². The van der Waals surface area contributed by atoms with Crippen molar-refractivity contribution in [3.8, 4) is 0 Å². The fraction of sp³-hybridized carbons (Fsp3) is 0.500. The molecular weight excluding hydrogens is 240 g/mol. The number of likely N-dealkylation sites (tertiary alicyclic amines) is 1. The molecule has 1 unspecified atom stereocenters. The minimum absolute atomic E-state index is 0.197. The van der Waals surface area contributed by atoms with Crippen molar-refractivity contribution in [2.24, 2.45) is 5.92 Å². The molecule has 0 bridgehead atoms. The second-order valence-corrected chi connectivity index (χ2v) is 5.16. The summed E-state index contributed by atoms with van der Waals surface area (Å²) in [5.41, 5.74) is 0. The number of carbonyl (C=O) groups is 1. The summed E-state index contributed by atoms with van der Waals surface area (Å²) in [6.45, 7) is 1.55. The van der Waals surface area contributed by atoms with Gasteiger partial charge in [-0.15, -0.1) is 0 Å². The van der Waals surface area contributed by atoms with E-state index in [-0.39, 0.29) is 5.92 Å². The minimum atomic E-state index is 0.197. The first-order valence-corrected chi connectivity index (χ1v) is 6.79. The monoisotopic (exact) mass is 258 g/mol. The van der Waals surface area contributed by atoms with Crippen LogP contribution in [0.3, 0.4) is 0 Å². The molecule has 100 valence electrons. The summed E-state index contributed by atoms with van der Waals surface area (Å²) in [6, 6.07) is 0.305. The fourth-order valence-corrected chi connectivity index (χ4v) is 2.61. The molecule has 5 nitrogen and oxygen atoms in total. The van der Waals surface area contributed by atoms with E-state index in [2.05, 4.69) is 27.4 Å². The minimum Gasteiger partial charge on any atom is -0.362 e. The Balaban J connectivity index is 1.47. The van der Waals surface area contributed by atoms with Crippen molar-refractivity contribution in [1.82, 2.24) is 14.9 Å². The van der Waals surface area contributed by atoms with Gasteiger partial charge in [-0.05, 0) is 19.3 Å². The van der Waals surface area contributed by atoms with Crippen LogP contribution in [0.25, 0.3) is 0 Å². The summed E-state index contributed by atoms with van der Waals surface area (Å²) in [4.78, 5) is 22.3. The van der Waals surface area contributed by atoms with Crippen molar-refractivity contribution in [2.45, 2.75) is 25.3 Å². The molecule has 0 aromatic carbocycles. The van der Waals surface area contributed by atoms with E-state index in [9.17, 15) is 4.79 Å². The van der Waals surface area contributed by atoms with Crippen LogP contribution in [0.2, 0.25) is 0 Å². The number of carbonyl (C=O) groups excluding carboxylic acids is 1. The normalized spacial score (nSPS) is 22.9. The van der Waals surface area contributed by atoms with Crippen LogP contribution >= 0.6 is 0 Å². The lowest BCUT2D eigenvalue weighted by atomic mass is 9.91. The largest absolute Gasteiger partial charge is 0.362 e. The van der Waals surface area contributed by atoms with Crippen LogP contribution in [0.4, 0.5) is 5.82 Å². The van der Waals surface area contributed by atoms with Crippen LogP contribution in [0, 0.1) is 5.92 Å². The number of nitrogens with zero attached hydrogens (tertiary/aromatic N) is 3. The van der Waals surface area contributed by atoms with Gasteiger partial charge in [-0.1, -0.05) is 12.2 Å². The number of amides is 1. The Kier molecular flexibility index (Phi) is 3.44. The van der Waals surface area contributed by atoms with Crippen LogP contribution in [0.1, 0.15) is 19.3 Å². The van der Waals surface area contributed by atoms with Gasteiger partial charge in [0, 0.05) is 31.4 Å². The number of anilines is 1. The third kappa shape index (κ3) is 2.75. The lowest BCUT2D eigenvalue weighted by Gasteiger charge is -2.41. The molecule has 1 aliphatic heterocycles. The standard InChI is InChI=1S/C14H18N4O/c19-14(11-4-2-1-3-5-11)18-9-12(10-18)17-13-8-15-6-7-16-13/h1-2,6-8,11-12H,3-5,9-10H2,(H,16,17). The second-order valence-electron chi connectivity index (χ2n) is 5.16. The lowest BCUT2D eigenvalue weighted by Crippen LogP contribution is -2.58. The average molecular weight is 258 g/mol. The maximum Gasteiger partial charge on any atom is 0.226 e. The predicted molar refractivity (Wildman–Crippen MR) is 72.5 cm³/mol. The van der Waals surface area contributed by atoms with Crippen LogP contribution in [0.15, 0.2) is 30.7 Å². The van der Waals surface area contributed by atoms with Crippen molar-refractivity contribution in [3.05, 3.63) is 30.7 Å². The van der Waals surface area contributed by atoms with Gasteiger partial charge in [0.1, 0.15) is 5.82 Å². The fourth-order valence-electron chi connectivity index (χ4n) is 2.61. The molecule has 1 aromatic heterocycles. The quantitative estimate of drug-likeness (QED) is 0.834. The number of hydrogen-bond acceptors (Lipinski definition) is 4. The van der Waals surface area contributed by atoms with E-state index in [1.54, 1.807) is 18.6 Å². The topological polar surface area (TPSA) is 58.1 Å². The molecule has 2 aliphatic rings. The molecule has 3 rings (SSSR count). The zero-order valence-corrected chi connectivity index (χ0v) is 10.8. The molecule has 0 spiro atoms. The first-order valence-electron chi connectivity index (χ1n) is 6.79. The highest BCUT2D eigenvalue weighted by molar-refractivity contribution is 5.80. The van der Waals surface area contributed by atoms with Crippen LogP contribution in [0.5, 0.6) is 0 Å². The summed E-state index contributed by atoms with van der Waals surface area (Å²) in [5, 5.41) is 3.28. The van der Waals surface area contributed by atoms with Gasteiger partial charge in [0.2, 0.25) is 5.91 Å². The van der Waals surface area contributed by atoms with Gasteiger partial charge in [0.25, 0.3) is 0 Å². The molecule has 1 amide bonds. The SMILES string of the molecule is O=C(C1CC=CCC1)N1CC(Nc2cnccn2)C1. The van der Waals surface area contributed by atoms with Crippen molar-refractivity contribution in [1.29, 1.82) is 0 Å². The number of hydrogen-bond donors (Lipinski definition) is 1. The van der Waals surface area contributed by atoms with E-state index in [4.69, 9.17) is 0 Å². The summed E-state index contributed by atoms with van der Waals surface area (Å²) in [5.74, 6) is 1.28. The highest BCUT2D eigenvalue weighted by atomic mass is 16.2. The van der Waals surface area contributed by atoms with Crippen molar-refractivity contribution in [2.75, 3.05) is 18.4 Å². The zero-order valence-electron chi connectivity index (χ0n) is 10.8. The first kappa shape index (κ1) is 12.1. The lowest BCUT2D eigenvalue weighted by molar-refractivity contribution is -0.139. The van der Waals surface area contributed by atoms with Crippen molar-refractivity contribution >= 4 is 11.7 Å². The number of allylic oxidation sites excluding steroid dienone is 2. The van der Waals surface area contributed by atoms with E-state index in [1.807, 2.05) is 4.90 Å².